The summed E-state index contributed by atoms with van der Waals surface area (Å²) < 4.78 is 121. The molecule has 6 aromatic carbocycles. The van der Waals surface area contributed by atoms with Gasteiger partial charge in [0.15, 0.2) is 16.9 Å². The van der Waals surface area contributed by atoms with E-state index in [0.717, 1.165) is 66.5 Å². The summed E-state index contributed by atoms with van der Waals surface area (Å²) in [7, 11) is 0. The molecule has 6 aromatic heterocycles. The zero-order chi connectivity index (χ0) is 74.4. The molecule has 6 N–H and O–H groups in total. The van der Waals surface area contributed by atoms with Gasteiger partial charge in [-0.3, -0.25) is 42.8 Å². The van der Waals surface area contributed by atoms with Crippen LogP contribution in [0.1, 0.15) is 37.5 Å². The third kappa shape index (κ3) is 16.4. The molecule has 0 radical (unpaired) electrons. The number of benzene rings is 6. The summed E-state index contributed by atoms with van der Waals surface area (Å²) in [5.74, 6) is -0.150. The van der Waals surface area contributed by atoms with Crippen molar-refractivity contribution in [3.8, 4) is 50.8 Å². The molecule has 3 unspecified atom stereocenters. The molecule has 32 heteroatoms. The lowest BCUT2D eigenvalue weighted by Gasteiger charge is -2.24. The molecule has 0 bridgehead atoms. The molecule has 0 saturated heterocycles. The molecular formula is C71H61F9N12O9S2. The first-order valence-corrected chi connectivity index (χ1v) is 33.3. The molecule has 21 nitrogen and oxygen atoms in total. The topological polar surface area (TPSA) is 274 Å². The van der Waals surface area contributed by atoms with Gasteiger partial charge in [0.25, 0.3) is 16.7 Å². The Labute approximate surface area is 587 Å². The highest BCUT2D eigenvalue weighted by Gasteiger charge is 2.33. The molecule has 6 heterocycles. The Kier molecular flexibility index (Phi) is 22.9. The number of fused-ring (bicyclic) bond motifs is 3. The minimum absolute atomic E-state index is 0.0489. The van der Waals surface area contributed by atoms with E-state index in [9.17, 15) is 84.5 Å². The summed E-state index contributed by atoms with van der Waals surface area (Å²) in [6.07, 6.45) is -13.2. The summed E-state index contributed by atoms with van der Waals surface area (Å²) in [4.78, 5) is 70.8. The van der Waals surface area contributed by atoms with E-state index in [2.05, 4.69) is 29.9 Å². The Morgan fingerprint density at radius 3 is 1.06 bits per heavy atom. The quantitative estimate of drug-likeness (QED) is 0.0281. The van der Waals surface area contributed by atoms with Crippen LogP contribution < -0.4 is 31.4 Å². The normalized spacial score (nSPS) is 12.7. The first-order chi connectivity index (χ1) is 49.0. The van der Waals surface area contributed by atoms with Crippen molar-refractivity contribution in [2.75, 3.05) is 47.4 Å². The molecule has 0 aliphatic heterocycles. The predicted octanol–water partition coefficient (Wildman–Crippen LogP) is 12.1. The average Bonchev–Trinajstić information content (AvgIpc) is 0.765. The van der Waals surface area contributed by atoms with Crippen molar-refractivity contribution in [3.05, 3.63) is 236 Å². The van der Waals surface area contributed by atoms with Gasteiger partial charge in [-0.25, -0.2) is 15.0 Å². The third-order valence-corrected chi connectivity index (χ3v) is 17.4. The number of aliphatic hydroxyl groups excluding tert-OH is 6. The number of pyridine rings is 3. The molecule has 103 heavy (non-hydrogen) atoms. The fraction of sp³-hybridized carbons (Fsp3) is 0.197. The highest BCUT2D eigenvalue weighted by molar-refractivity contribution is 7.99. The van der Waals surface area contributed by atoms with Crippen LogP contribution in [-0.2, 0) is 18.5 Å². The summed E-state index contributed by atoms with van der Waals surface area (Å²) in [6, 6.07) is 44.9. The molecule has 0 saturated carbocycles. The number of rotatable bonds is 17. The monoisotopic (exact) mass is 1460 g/mol. The lowest BCUT2D eigenvalue weighted by Crippen LogP contribution is -2.35. The number of aromatic nitrogens is 9. The smallest absolute Gasteiger partial charge is 0.376 e. The van der Waals surface area contributed by atoms with Crippen LogP contribution in [0.3, 0.4) is 0 Å². The van der Waals surface area contributed by atoms with Crippen LogP contribution in [0.15, 0.2) is 212 Å². The minimum Gasteiger partial charge on any atom is -0.376 e. The maximum Gasteiger partial charge on any atom is 0.416 e. The molecule has 0 aliphatic rings. The van der Waals surface area contributed by atoms with Crippen LogP contribution >= 0.6 is 23.5 Å². The summed E-state index contributed by atoms with van der Waals surface area (Å²) in [5, 5.41) is 61.2. The largest absolute Gasteiger partial charge is 0.416 e. The van der Waals surface area contributed by atoms with Crippen LogP contribution in [0.25, 0.3) is 83.9 Å². The van der Waals surface area contributed by atoms with Crippen molar-refractivity contribution < 1.29 is 70.2 Å². The van der Waals surface area contributed by atoms with Gasteiger partial charge in [0.05, 0.1) is 50.8 Å². The number of aliphatic hydroxyl groups is 6. The summed E-state index contributed by atoms with van der Waals surface area (Å²) in [6.45, 7) is 2.45. The van der Waals surface area contributed by atoms with E-state index in [1.54, 1.807) is 36.4 Å². The van der Waals surface area contributed by atoms with Crippen LogP contribution in [-0.4, -0.2) is 126 Å². The van der Waals surface area contributed by atoms with Gasteiger partial charge < -0.3 is 30.6 Å². The van der Waals surface area contributed by atoms with Crippen molar-refractivity contribution in [3.63, 3.8) is 0 Å². The summed E-state index contributed by atoms with van der Waals surface area (Å²) in [5.41, 5.74) is 0.206. The molecule has 3 atom stereocenters. The Hall–Kier alpha value is -10.6. The van der Waals surface area contributed by atoms with Crippen molar-refractivity contribution in [2.45, 2.75) is 67.8 Å². The average molecular weight is 1460 g/mol. The van der Waals surface area contributed by atoms with Crippen molar-refractivity contribution >= 4 is 74.5 Å². The van der Waals surface area contributed by atoms with E-state index in [0.29, 0.717) is 44.4 Å². The van der Waals surface area contributed by atoms with E-state index in [1.807, 2.05) is 67.1 Å². The molecule has 534 valence electrons. The predicted molar refractivity (Wildman–Crippen MR) is 374 cm³/mol. The van der Waals surface area contributed by atoms with Gasteiger partial charge in [0.1, 0.15) is 38.9 Å². The SMILES string of the molecule is CC(O)N(CO)c1nc(-c2ccccc2)c2ccc(=O)n(-c3ccc(C(F)(F)F)cc3)c2n1.CSc1cccc(-c2nc(N(CO)C(C)O)nc3c2ccc(=O)n3-c2ccc(C(F)(F)F)cc2)c1.CSc1ccccc1-c1nc(N(CO)C(C)O)nc2c1ccc(=O)n2-c1ccc(C(F)(F)F)cc1. The number of halogens is 9. The van der Waals surface area contributed by atoms with Crippen LogP contribution in [0.2, 0.25) is 0 Å². The van der Waals surface area contributed by atoms with Crippen molar-refractivity contribution in [1.29, 1.82) is 0 Å². The second kappa shape index (κ2) is 31.3. The minimum atomic E-state index is -4.52. The standard InChI is InChI=1S/2C24H21F3N4O3S.C23H19F3N4O3/c1-14(33)30(13-32)23-28-21(15-4-3-5-18(12-15)35-2)19-10-11-20(34)31(22(19)29-23)17-8-6-16(7-9-17)24(25,26)27;1-14(33)30(13-32)23-28-21(17-5-3-4-6-19(17)35-2)18-11-12-20(34)31(22(18)29-23)16-9-7-15(8-10-16)24(25,26)27;1-14(32)29(13-31)22-27-20(15-5-3-2-4-6-15)18-11-12-19(33)30(21(18)28-22)17-9-7-16(8-10-17)23(24,25)26/h2*3-12,14,32-33H,13H2,1-2H3;2-12,14,31-32H,13H2,1H3. The Morgan fingerprint density at radius 1 is 0.388 bits per heavy atom. The van der Waals surface area contributed by atoms with Gasteiger partial charge in [-0.2, -0.15) is 54.5 Å². The zero-order valence-electron chi connectivity index (χ0n) is 54.7. The Balaban J connectivity index is 0.000000166. The maximum atomic E-state index is 13.1. The van der Waals surface area contributed by atoms with Gasteiger partial charge in [0.2, 0.25) is 17.8 Å². The highest BCUT2D eigenvalue weighted by Crippen LogP contribution is 2.38. The molecule has 12 rings (SSSR count). The number of alkyl halides is 9. The van der Waals surface area contributed by atoms with E-state index >= 15 is 0 Å². The second-order valence-electron chi connectivity index (χ2n) is 22.5. The van der Waals surface area contributed by atoms with Crippen LogP contribution in [0.4, 0.5) is 57.4 Å². The fourth-order valence-corrected chi connectivity index (χ4v) is 11.8. The molecule has 12 aromatic rings. The van der Waals surface area contributed by atoms with Crippen LogP contribution in [0, 0.1) is 0 Å². The Morgan fingerprint density at radius 2 is 0.718 bits per heavy atom. The number of thioether (sulfide) groups is 2. The molecule has 0 amide bonds. The first-order valence-electron chi connectivity index (χ1n) is 30.8. The van der Waals surface area contributed by atoms with E-state index in [4.69, 9.17) is 0 Å². The maximum absolute atomic E-state index is 13.1. The zero-order valence-corrected chi connectivity index (χ0v) is 56.4. The van der Waals surface area contributed by atoms with E-state index < -0.39 is 90.8 Å². The first kappa shape index (κ1) is 75.1. The van der Waals surface area contributed by atoms with Gasteiger partial charge in [-0.05, 0) is 142 Å². The molecular weight excluding hydrogens is 1400 g/mol. The van der Waals surface area contributed by atoms with Gasteiger partial charge in [0, 0.05) is 60.8 Å². The lowest BCUT2D eigenvalue weighted by molar-refractivity contribution is -0.138. The van der Waals surface area contributed by atoms with Crippen LogP contribution in [0.5, 0.6) is 0 Å². The van der Waals surface area contributed by atoms with Gasteiger partial charge in [-0.15, -0.1) is 23.5 Å². The molecule has 0 aliphatic carbocycles. The summed E-state index contributed by atoms with van der Waals surface area (Å²) >= 11 is 3.01. The van der Waals surface area contributed by atoms with Crippen molar-refractivity contribution in [1.82, 2.24) is 43.6 Å². The van der Waals surface area contributed by atoms with Gasteiger partial charge >= 0.3 is 18.5 Å². The fourth-order valence-electron chi connectivity index (χ4n) is 10.7. The number of hydrogen-bond donors (Lipinski definition) is 6. The third-order valence-electron chi connectivity index (χ3n) is 15.9. The van der Waals surface area contributed by atoms with E-state index in [1.165, 1.54) is 119 Å². The molecule has 0 fully saturated rings. The number of nitrogens with zero attached hydrogens (tertiary/aromatic N) is 12. The molecule has 0 spiro atoms. The van der Waals surface area contributed by atoms with Crippen molar-refractivity contribution in [2.24, 2.45) is 0 Å². The Bertz CT molecular complexity index is 5210. The van der Waals surface area contributed by atoms with Gasteiger partial charge in [-0.1, -0.05) is 60.7 Å². The van der Waals surface area contributed by atoms with E-state index in [-0.39, 0.29) is 51.8 Å². The lowest BCUT2D eigenvalue weighted by atomic mass is 10.1. The highest BCUT2D eigenvalue weighted by atomic mass is 32.2. The second-order valence-corrected chi connectivity index (χ2v) is 24.2. The number of hydrogen-bond acceptors (Lipinski definition) is 20. The number of anilines is 3.